The van der Waals surface area contributed by atoms with E-state index < -0.39 is 77.4 Å². The third-order valence-corrected chi connectivity index (χ3v) is 9.19. The first-order valence-corrected chi connectivity index (χ1v) is 15.8. The fourth-order valence-corrected chi connectivity index (χ4v) is 7.21. The van der Waals surface area contributed by atoms with E-state index in [4.69, 9.17) is 39.0 Å². The highest BCUT2D eigenvalue weighted by Gasteiger charge is 2.51. The number of aromatic nitrogens is 8. The first kappa shape index (κ1) is 29.3. The van der Waals surface area contributed by atoms with Crippen molar-refractivity contribution in [1.82, 2.24) is 39.0 Å². The van der Waals surface area contributed by atoms with Crippen LogP contribution in [0.4, 0.5) is 11.8 Å². The van der Waals surface area contributed by atoms with E-state index >= 15 is 0 Å². The summed E-state index contributed by atoms with van der Waals surface area (Å²) in [6.45, 7) is -1.30. The van der Waals surface area contributed by atoms with Crippen molar-refractivity contribution in [2.24, 2.45) is 0 Å². The van der Waals surface area contributed by atoms with Gasteiger partial charge in [0.25, 0.3) is 5.56 Å². The molecule has 3 aliphatic rings. The molecule has 0 saturated carbocycles. The lowest BCUT2D eigenvalue weighted by Crippen LogP contribution is -2.36. The van der Waals surface area contributed by atoms with Gasteiger partial charge in [0.2, 0.25) is 5.95 Å². The van der Waals surface area contributed by atoms with Crippen LogP contribution in [-0.4, -0.2) is 97.7 Å². The fourth-order valence-electron chi connectivity index (χ4n) is 5.29. The molecular weight excluding hydrogens is 634 g/mol. The minimum Gasteiger partial charge on any atom is -0.386 e. The molecule has 3 aliphatic heterocycles. The van der Waals surface area contributed by atoms with Gasteiger partial charge >= 0.3 is 15.6 Å². The van der Waals surface area contributed by atoms with Crippen molar-refractivity contribution >= 4 is 49.7 Å². The number of phosphoric ester groups is 2. The Labute approximate surface area is 244 Å². The highest BCUT2D eigenvalue weighted by molar-refractivity contribution is 7.47. The number of imidazole rings is 2. The van der Waals surface area contributed by atoms with Gasteiger partial charge in [-0.05, 0) is 0 Å². The van der Waals surface area contributed by atoms with E-state index in [0.29, 0.717) is 0 Å². The second-order valence-electron chi connectivity index (χ2n) is 10.0. The minimum atomic E-state index is -4.93. The standard InChI is InChI=1S/C20H24N10O12P2/c21-14-10-15(24-4-23-14)29(5-25-10)19-12(31)13-9(40-19)3-38-43(33,34)41-8-1-7(2-37-44(35,36)42-13)39-18(8)30-6-26-11-16(30)27-20(22)28-17(11)32/h4-9,12-13,18-19,31H,1-3H2,(H,33,34)(H,35,36)(H2,21,23,24)(H3,22,27,28,32)/t7-,8?,9+,12?,13?,18+,19+/m0/s1. The van der Waals surface area contributed by atoms with Crippen molar-refractivity contribution in [2.75, 3.05) is 24.7 Å². The van der Waals surface area contributed by atoms with Crippen LogP contribution in [-0.2, 0) is 36.7 Å². The molecule has 0 amide bonds. The van der Waals surface area contributed by atoms with Gasteiger partial charge in [0.1, 0.15) is 36.3 Å². The largest absolute Gasteiger partial charge is 0.472 e. The number of aliphatic hydroxyl groups excluding tert-OH is 1. The highest BCUT2D eigenvalue weighted by atomic mass is 31.2. The molecule has 2 bridgehead atoms. The molecule has 0 aromatic carbocycles. The molecule has 3 saturated heterocycles. The van der Waals surface area contributed by atoms with Crippen molar-refractivity contribution in [2.45, 2.75) is 49.4 Å². The van der Waals surface area contributed by atoms with E-state index in [9.17, 15) is 28.8 Å². The zero-order valence-corrected chi connectivity index (χ0v) is 23.9. The second kappa shape index (κ2) is 10.6. The molecule has 9 atom stereocenters. The van der Waals surface area contributed by atoms with Gasteiger partial charge in [-0.3, -0.25) is 37.0 Å². The molecule has 8 N–H and O–H groups in total. The molecule has 0 aliphatic carbocycles. The first-order chi connectivity index (χ1) is 20.9. The van der Waals surface area contributed by atoms with Crippen LogP contribution in [0.25, 0.3) is 22.3 Å². The predicted octanol–water partition coefficient (Wildman–Crippen LogP) is -1.31. The Morgan fingerprint density at radius 1 is 0.886 bits per heavy atom. The average molecular weight is 658 g/mol. The third-order valence-electron chi connectivity index (χ3n) is 7.19. The smallest absolute Gasteiger partial charge is 0.386 e. The highest BCUT2D eigenvalue weighted by Crippen LogP contribution is 2.53. The number of nitrogens with one attached hydrogen (secondary N) is 1. The summed E-state index contributed by atoms with van der Waals surface area (Å²) in [5.41, 5.74) is 11.1. The summed E-state index contributed by atoms with van der Waals surface area (Å²) in [4.78, 5) is 56.0. The van der Waals surface area contributed by atoms with Crippen molar-refractivity contribution in [3.05, 3.63) is 29.3 Å². The molecule has 0 radical (unpaired) electrons. The third kappa shape index (κ3) is 5.18. The van der Waals surface area contributed by atoms with Crippen molar-refractivity contribution in [1.29, 1.82) is 0 Å². The van der Waals surface area contributed by atoms with Crippen molar-refractivity contribution in [3.63, 3.8) is 0 Å². The number of fused-ring (bicyclic) bond motifs is 5. The molecular formula is C20H24N10O12P2. The molecule has 24 heteroatoms. The fraction of sp³-hybridized carbons (Fsp3) is 0.500. The van der Waals surface area contributed by atoms with Crippen LogP contribution in [0.3, 0.4) is 0 Å². The molecule has 4 aromatic heterocycles. The number of phosphoric acid groups is 2. The van der Waals surface area contributed by atoms with Gasteiger partial charge in [-0.1, -0.05) is 0 Å². The number of anilines is 2. The number of nitrogen functional groups attached to an aromatic ring is 2. The predicted molar refractivity (Wildman–Crippen MR) is 142 cm³/mol. The van der Waals surface area contributed by atoms with Gasteiger partial charge in [0, 0.05) is 6.42 Å². The minimum absolute atomic E-state index is 0.0151. The van der Waals surface area contributed by atoms with E-state index in [0.717, 1.165) is 0 Å². The summed E-state index contributed by atoms with van der Waals surface area (Å²) in [7, 11) is -9.84. The number of nitrogens with two attached hydrogens (primary N) is 2. The monoisotopic (exact) mass is 658 g/mol. The summed E-state index contributed by atoms with van der Waals surface area (Å²) in [6, 6.07) is 0. The van der Waals surface area contributed by atoms with Crippen LogP contribution in [0.5, 0.6) is 0 Å². The van der Waals surface area contributed by atoms with Crippen molar-refractivity contribution in [3.8, 4) is 0 Å². The number of aromatic amines is 1. The van der Waals surface area contributed by atoms with Gasteiger partial charge in [-0.15, -0.1) is 0 Å². The number of H-pyrrole nitrogens is 1. The first-order valence-electron chi connectivity index (χ1n) is 12.8. The molecule has 7 rings (SSSR count). The maximum atomic E-state index is 13.2. The van der Waals surface area contributed by atoms with E-state index in [1.165, 1.54) is 28.1 Å². The van der Waals surface area contributed by atoms with E-state index in [2.05, 4.69) is 29.9 Å². The summed E-state index contributed by atoms with van der Waals surface area (Å²) < 4.78 is 61.7. The lowest BCUT2D eigenvalue weighted by molar-refractivity contribution is -0.0670. The lowest BCUT2D eigenvalue weighted by Gasteiger charge is -2.25. The topological polar surface area (TPSA) is 309 Å². The van der Waals surface area contributed by atoms with Crippen LogP contribution in [0.1, 0.15) is 18.9 Å². The average Bonchev–Trinajstić information content (AvgIpc) is 3.72. The quantitative estimate of drug-likeness (QED) is 0.136. The van der Waals surface area contributed by atoms with E-state index in [1.54, 1.807) is 0 Å². The Balaban J connectivity index is 1.19. The van der Waals surface area contributed by atoms with Crippen LogP contribution >= 0.6 is 15.6 Å². The molecule has 7 heterocycles. The number of nitrogens with zero attached hydrogens (tertiary/aromatic N) is 7. The summed E-state index contributed by atoms with van der Waals surface area (Å²) in [6.07, 6.45) is -5.96. The molecule has 4 aromatic rings. The summed E-state index contributed by atoms with van der Waals surface area (Å²) in [5.74, 6) is -0.164. The van der Waals surface area contributed by atoms with Gasteiger partial charge in [-0.25, -0.2) is 29.1 Å². The lowest BCUT2D eigenvalue weighted by atomic mass is 10.1. The maximum Gasteiger partial charge on any atom is 0.472 e. The van der Waals surface area contributed by atoms with Crippen LogP contribution < -0.4 is 17.0 Å². The maximum absolute atomic E-state index is 13.2. The Morgan fingerprint density at radius 2 is 1.59 bits per heavy atom. The van der Waals surface area contributed by atoms with Crippen LogP contribution in [0.2, 0.25) is 0 Å². The molecule has 0 spiro atoms. The number of ether oxygens (including phenoxy) is 2. The molecule has 22 nitrogen and oxygen atoms in total. The molecule has 5 unspecified atom stereocenters. The van der Waals surface area contributed by atoms with Gasteiger partial charge in [-0.2, -0.15) is 4.98 Å². The Kier molecular flexibility index (Phi) is 7.06. The second-order valence-corrected chi connectivity index (χ2v) is 12.9. The number of rotatable bonds is 2. The van der Waals surface area contributed by atoms with Crippen LogP contribution in [0, 0.1) is 0 Å². The number of hydrogen-bond donors (Lipinski definition) is 6. The molecule has 3 fully saturated rings. The van der Waals surface area contributed by atoms with Gasteiger partial charge in [0.15, 0.2) is 35.1 Å². The summed E-state index contributed by atoms with van der Waals surface area (Å²) in [5, 5.41) is 11.1. The summed E-state index contributed by atoms with van der Waals surface area (Å²) >= 11 is 0. The Bertz CT molecular complexity index is 1900. The van der Waals surface area contributed by atoms with E-state index in [1.807, 2.05) is 0 Å². The molecule has 44 heavy (non-hydrogen) atoms. The van der Waals surface area contributed by atoms with Crippen molar-refractivity contribution < 1.29 is 51.6 Å². The van der Waals surface area contributed by atoms with Crippen LogP contribution in [0.15, 0.2) is 23.8 Å². The zero-order chi connectivity index (χ0) is 31.0. The Morgan fingerprint density at radius 3 is 2.39 bits per heavy atom. The zero-order valence-electron chi connectivity index (χ0n) is 22.1. The number of aliphatic hydroxyl groups is 1. The van der Waals surface area contributed by atoms with Gasteiger partial charge in [0.05, 0.1) is 32.0 Å². The number of hydrogen-bond acceptors (Lipinski definition) is 17. The SMILES string of the molecule is Nc1nc2c(ncn2[C@@H]2O[C@@H]3COP(=O)(O)OC4C(O)[C@H](n5cnc6c(N)ncnc65)O[C@@H]4COP(=O)(O)OC2C3)c(=O)[nH]1. The van der Waals surface area contributed by atoms with Gasteiger partial charge < -0.3 is 35.8 Å². The van der Waals surface area contributed by atoms with E-state index in [-0.39, 0.29) is 40.5 Å². The normalized spacial score (nSPS) is 36.6. The Hall–Kier alpha value is -3.40. The molecule has 236 valence electrons.